The van der Waals surface area contributed by atoms with Crippen molar-refractivity contribution in [2.75, 3.05) is 5.32 Å². The van der Waals surface area contributed by atoms with E-state index in [1.54, 1.807) is 0 Å². The Morgan fingerprint density at radius 2 is 2.10 bits per heavy atom. The quantitative estimate of drug-likeness (QED) is 0.567. The number of non-ortho nitro benzene ring substituents is 1. The summed E-state index contributed by atoms with van der Waals surface area (Å²) >= 11 is 3.12. The first-order valence-corrected chi connectivity index (χ1v) is 6.22. The number of nitro groups is 1. The molecule has 0 spiro atoms. The van der Waals surface area contributed by atoms with Gasteiger partial charge >= 0.3 is 5.97 Å². The van der Waals surface area contributed by atoms with E-state index in [9.17, 15) is 19.7 Å². The van der Waals surface area contributed by atoms with Crippen LogP contribution < -0.4 is 5.32 Å². The summed E-state index contributed by atoms with van der Waals surface area (Å²) in [6, 6.07) is 4.86. The lowest BCUT2D eigenvalue weighted by Gasteiger charge is -2.04. The normalized spacial score (nSPS) is 10.1. The number of nitrogens with zero attached hydrogens (tertiary/aromatic N) is 2. The minimum Gasteiger partial charge on any atom is -0.477 e. The number of aromatic carboxylic acids is 1. The van der Waals surface area contributed by atoms with Gasteiger partial charge in [0.1, 0.15) is 5.69 Å². The van der Waals surface area contributed by atoms with Crippen molar-refractivity contribution in [1.29, 1.82) is 0 Å². The Labute approximate surface area is 125 Å². The van der Waals surface area contributed by atoms with Gasteiger partial charge in [-0.1, -0.05) is 0 Å². The number of nitro benzene ring substituents is 1. The Hall–Kier alpha value is -2.75. The van der Waals surface area contributed by atoms with Gasteiger partial charge in [0.2, 0.25) is 0 Å². The zero-order valence-electron chi connectivity index (χ0n) is 10.2. The van der Waals surface area contributed by atoms with Gasteiger partial charge < -0.3 is 10.4 Å². The van der Waals surface area contributed by atoms with Crippen LogP contribution in [0.4, 0.5) is 11.5 Å². The third-order valence-corrected chi connectivity index (χ3v) is 3.15. The predicted octanol–water partition coefficient (Wildman–Crippen LogP) is 2.03. The van der Waals surface area contributed by atoms with Gasteiger partial charge in [0, 0.05) is 22.7 Å². The molecule has 0 fully saturated rings. The van der Waals surface area contributed by atoms with Gasteiger partial charge in [0.05, 0.1) is 10.5 Å². The zero-order chi connectivity index (χ0) is 15.6. The van der Waals surface area contributed by atoms with E-state index in [1.165, 1.54) is 12.1 Å². The second-order valence-electron chi connectivity index (χ2n) is 3.85. The largest absolute Gasteiger partial charge is 0.477 e. The lowest BCUT2D eigenvalue weighted by molar-refractivity contribution is -0.384. The van der Waals surface area contributed by atoms with E-state index in [4.69, 9.17) is 5.11 Å². The third kappa shape index (κ3) is 3.23. The number of carboxylic acid groups (broad SMARTS) is 1. The number of aromatic amines is 1. The first kappa shape index (κ1) is 14.7. The molecule has 0 aliphatic heterocycles. The summed E-state index contributed by atoms with van der Waals surface area (Å²) < 4.78 is 0.361. The summed E-state index contributed by atoms with van der Waals surface area (Å²) in [5, 5.41) is 27.6. The Morgan fingerprint density at radius 1 is 1.38 bits per heavy atom. The Kier molecular flexibility index (Phi) is 3.98. The molecule has 1 amide bonds. The lowest BCUT2D eigenvalue weighted by atomic mass is 10.2. The molecule has 0 atom stereocenters. The van der Waals surface area contributed by atoms with Gasteiger partial charge in [-0.15, -0.1) is 0 Å². The molecule has 2 aromatic rings. The van der Waals surface area contributed by atoms with E-state index in [0.29, 0.717) is 4.47 Å². The SMILES string of the molecule is O=C(O)c1cc(NC(=O)c2cc([N+](=O)[O-])ccc2Br)n[nH]1. The number of carbonyl (C=O) groups is 2. The number of rotatable bonds is 4. The third-order valence-electron chi connectivity index (χ3n) is 2.46. The maximum atomic E-state index is 12.0. The lowest BCUT2D eigenvalue weighted by Crippen LogP contribution is -2.13. The zero-order valence-corrected chi connectivity index (χ0v) is 11.7. The first-order chi connectivity index (χ1) is 9.88. The molecule has 9 nitrogen and oxygen atoms in total. The van der Waals surface area contributed by atoms with Crippen molar-refractivity contribution < 1.29 is 19.6 Å². The first-order valence-electron chi connectivity index (χ1n) is 5.42. The molecule has 2 rings (SSSR count). The van der Waals surface area contributed by atoms with Crippen molar-refractivity contribution in [1.82, 2.24) is 10.2 Å². The Bertz CT molecular complexity index is 742. The van der Waals surface area contributed by atoms with Crippen molar-refractivity contribution in [2.45, 2.75) is 0 Å². The highest BCUT2D eigenvalue weighted by Crippen LogP contribution is 2.23. The minimum absolute atomic E-state index is 0.00388. The summed E-state index contributed by atoms with van der Waals surface area (Å²) in [5.41, 5.74) is -0.399. The molecule has 0 aliphatic carbocycles. The number of hydrogen-bond donors (Lipinski definition) is 3. The van der Waals surface area contributed by atoms with E-state index in [0.717, 1.165) is 12.1 Å². The molecule has 0 saturated carbocycles. The van der Waals surface area contributed by atoms with Gasteiger partial charge in [0.15, 0.2) is 5.82 Å². The average molecular weight is 355 g/mol. The van der Waals surface area contributed by atoms with Crippen LogP contribution in [0, 0.1) is 10.1 Å². The smallest absolute Gasteiger partial charge is 0.353 e. The fourth-order valence-corrected chi connectivity index (χ4v) is 1.91. The maximum absolute atomic E-state index is 12.0. The van der Waals surface area contributed by atoms with Crippen molar-refractivity contribution in [3.8, 4) is 0 Å². The van der Waals surface area contributed by atoms with Gasteiger partial charge in [-0.2, -0.15) is 5.10 Å². The number of amides is 1. The fourth-order valence-electron chi connectivity index (χ4n) is 1.48. The number of carboxylic acids is 1. The van der Waals surface area contributed by atoms with E-state index in [-0.39, 0.29) is 22.8 Å². The Balaban J connectivity index is 2.25. The number of hydrogen-bond acceptors (Lipinski definition) is 5. The molecule has 3 N–H and O–H groups in total. The fraction of sp³-hybridized carbons (Fsp3) is 0. The maximum Gasteiger partial charge on any atom is 0.353 e. The van der Waals surface area contributed by atoms with E-state index < -0.39 is 16.8 Å². The highest BCUT2D eigenvalue weighted by atomic mass is 79.9. The molecular weight excluding hydrogens is 348 g/mol. The number of anilines is 1. The molecule has 0 bridgehead atoms. The molecule has 0 radical (unpaired) electrons. The standard InChI is InChI=1S/C11H7BrN4O5/c12-7-2-1-5(16(20)21)3-6(7)10(17)13-9-4-8(11(18)19)14-15-9/h1-4H,(H,18,19)(H2,13,14,15,17). The molecule has 108 valence electrons. The minimum atomic E-state index is -1.22. The molecule has 0 aliphatic rings. The van der Waals surface area contributed by atoms with Gasteiger partial charge in [-0.3, -0.25) is 20.0 Å². The average Bonchev–Trinajstić information content (AvgIpc) is 2.87. The molecule has 1 aromatic heterocycles. The highest BCUT2D eigenvalue weighted by molar-refractivity contribution is 9.10. The van der Waals surface area contributed by atoms with E-state index in [1.807, 2.05) is 0 Å². The number of halogens is 1. The van der Waals surface area contributed by atoms with Crippen molar-refractivity contribution in [3.63, 3.8) is 0 Å². The molecular formula is C11H7BrN4O5. The van der Waals surface area contributed by atoms with Crippen LogP contribution in [0.3, 0.4) is 0 Å². The number of benzene rings is 1. The van der Waals surface area contributed by atoms with Crippen LogP contribution in [0.25, 0.3) is 0 Å². The summed E-state index contributed by atoms with van der Waals surface area (Å²) in [5.74, 6) is -1.88. The second-order valence-corrected chi connectivity index (χ2v) is 4.70. The summed E-state index contributed by atoms with van der Waals surface area (Å²) in [7, 11) is 0. The van der Waals surface area contributed by atoms with Gasteiger partial charge in [-0.25, -0.2) is 4.79 Å². The summed E-state index contributed by atoms with van der Waals surface area (Å²) in [4.78, 5) is 32.8. The van der Waals surface area contributed by atoms with E-state index in [2.05, 4.69) is 31.4 Å². The summed E-state index contributed by atoms with van der Waals surface area (Å²) in [6.45, 7) is 0. The molecule has 0 unspecified atom stereocenters. The van der Waals surface area contributed by atoms with Crippen LogP contribution in [0.1, 0.15) is 20.8 Å². The summed E-state index contributed by atoms with van der Waals surface area (Å²) in [6.07, 6.45) is 0. The molecule has 10 heteroatoms. The van der Waals surface area contributed by atoms with Crippen molar-refractivity contribution in [2.24, 2.45) is 0 Å². The van der Waals surface area contributed by atoms with Crippen LogP contribution in [0.2, 0.25) is 0 Å². The van der Waals surface area contributed by atoms with Gasteiger partial charge in [0.25, 0.3) is 11.6 Å². The molecule has 0 saturated heterocycles. The van der Waals surface area contributed by atoms with Crippen molar-refractivity contribution in [3.05, 3.63) is 50.1 Å². The predicted molar refractivity (Wildman–Crippen MR) is 74.3 cm³/mol. The molecule has 1 heterocycles. The topological polar surface area (TPSA) is 138 Å². The monoisotopic (exact) mass is 354 g/mol. The molecule has 21 heavy (non-hydrogen) atoms. The number of aromatic nitrogens is 2. The van der Waals surface area contributed by atoms with Gasteiger partial charge in [-0.05, 0) is 22.0 Å². The number of nitrogens with one attached hydrogen (secondary N) is 2. The highest BCUT2D eigenvalue weighted by Gasteiger charge is 2.17. The van der Waals surface area contributed by atoms with Crippen LogP contribution in [-0.2, 0) is 0 Å². The van der Waals surface area contributed by atoms with Crippen LogP contribution in [-0.4, -0.2) is 32.1 Å². The molecule has 1 aromatic carbocycles. The van der Waals surface area contributed by atoms with Crippen LogP contribution >= 0.6 is 15.9 Å². The number of carbonyl (C=O) groups excluding carboxylic acids is 1. The number of H-pyrrole nitrogens is 1. The van der Waals surface area contributed by atoms with Crippen molar-refractivity contribution >= 4 is 39.3 Å². The van der Waals surface area contributed by atoms with Crippen LogP contribution in [0.5, 0.6) is 0 Å². The second kappa shape index (κ2) is 5.71. The van der Waals surface area contributed by atoms with E-state index >= 15 is 0 Å². The van der Waals surface area contributed by atoms with Crippen LogP contribution in [0.15, 0.2) is 28.7 Å². The Morgan fingerprint density at radius 3 is 2.67 bits per heavy atom.